The smallest absolute Gasteiger partial charge is 0.237 e. The average molecular weight is 419 g/mol. The van der Waals surface area contributed by atoms with E-state index < -0.39 is 0 Å². The molecular formula is C22H27ClN2O4. The zero-order valence-corrected chi connectivity index (χ0v) is 18.1. The molecule has 2 aromatic rings. The molecule has 0 aliphatic carbocycles. The van der Waals surface area contributed by atoms with Crippen LogP contribution in [0.15, 0.2) is 30.3 Å². The Morgan fingerprint density at radius 1 is 1.03 bits per heavy atom. The van der Waals surface area contributed by atoms with Gasteiger partial charge in [-0.2, -0.15) is 0 Å². The van der Waals surface area contributed by atoms with E-state index in [1.54, 1.807) is 27.4 Å². The van der Waals surface area contributed by atoms with Crippen molar-refractivity contribution in [2.75, 3.05) is 41.5 Å². The maximum absolute atomic E-state index is 12.9. The molecule has 0 spiro atoms. The number of halogens is 1. The minimum absolute atomic E-state index is 0.0916. The van der Waals surface area contributed by atoms with Crippen LogP contribution in [0.3, 0.4) is 0 Å². The van der Waals surface area contributed by atoms with Crippen molar-refractivity contribution in [1.82, 2.24) is 9.80 Å². The summed E-state index contributed by atoms with van der Waals surface area (Å²) in [7, 11) is 6.80. The molecular weight excluding hydrogens is 392 g/mol. The van der Waals surface area contributed by atoms with Gasteiger partial charge in [0.15, 0.2) is 11.5 Å². The van der Waals surface area contributed by atoms with Crippen molar-refractivity contribution in [1.29, 1.82) is 0 Å². The maximum Gasteiger partial charge on any atom is 0.237 e. The molecule has 0 bridgehead atoms. The van der Waals surface area contributed by atoms with E-state index in [0.717, 1.165) is 29.0 Å². The van der Waals surface area contributed by atoms with Gasteiger partial charge in [-0.25, -0.2) is 0 Å². The first-order valence-corrected chi connectivity index (χ1v) is 9.85. The van der Waals surface area contributed by atoms with Gasteiger partial charge in [-0.05, 0) is 54.9 Å². The Kier molecular flexibility index (Phi) is 6.87. The third-order valence-electron chi connectivity index (χ3n) is 5.16. The number of fused-ring (bicyclic) bond motifs is 1. The molecule has 0 saturated heterocycles. The molecule has 1 aliphatic heterocycles. The highest BCUT2D eigenvalue weighted by Gasteiger charge is 2.23. The topological polar surface area (TPSA) is 51.2 Å². The molecule has 156 valence electrons. The van der Waals surface area contributed by atoms with Crippen LogP contribution in [0, 0.1) is 0 Å². The molecule has 1 amide bonds. The molecule has 6 nitrogen and oxygen atoms in total. The van der Waals surface area contributed by atoms with Crippen LogP contribution in [-0.4, -0.2) is 57.2 Å². The number of methoxy groups -OCH3 is 3. The Hall–Kier alpha value is -2.44. The van der Waals surface area contributed by atoms with Crippen molar-refractivity contribution < 1.29 is 19.0 Å². The molecule has 0 aromatic heterocycles. The van der Waals surface area contributed by atoms with Crippen LogP contribution in [0.5, 0.6) is 17.2 Å². The number of hydrogen-bond acceptors (Lipinski definition) is 5. The highest BCUT2D eigenvalue weighted by atomic mass is 35.5. The quantitative estimate of drug-likeness (QED) is 0.690. The Morgan fingerprint density at radius 3 is 2.34 bits per heavy atom. The summed E-state index contributed by atoms with van der Waals surface area (Å²) in [5, 5.41) is 0.650. The van der Waals surface area contributed by atoms with Crippen LogP contribution in [0.25, 0.3) is 0 Å². The van der Waals surface area contributed by atoms with Crippen LogP contribution in [0.4, 0.5) is 0 Å². The fourth-order valence-corrected chi connectivity index (χ4v) is 3.84. The second kappa shape index (κ2) is 9.37. The number of benzene rings is 2. The van der Waals surface area contributed by atoms with E-state index in [1.807, 2.05) is 41.1 Å². The summed E-state index contributed by atoms with van der Waals surface area (Å²) in [6.07, 6.45) is 0.799. The molecule has 0 saturated carbocycles. The fourth-order valence-electron chi connectivity index (χ4n) is 3.64. The summed E-state index contributed by atoms with van der Waals surface area (Å²) in [5.41, 5.74) is 3.25. The van der Waals surface area contributed by atoms with Crippen molar-refractivity contribution in [3.63, 3.8) is 0 Å². The van der Waals surface area contributed by atoms with Gasteiger partial charge in [0, 0.05) is 30.2 Å². The SMILES string of the molecule is COc1ccc(Cl)cc1CN(C)CC(=O)N1CCc2cc(OC)c(OC)cc2C1. The first-order valence-electron chi connectivity index (χ1n) is 9.47. The van der Waals surface area contributed by atoms with E-state index in [1.165, 1.54) is 5.56 Å². The van der Waals surface area contributed by atoms with Gasteiger partial charge >= 0.3 is 0 Å². The molecule has 7 heteroatoms. The lowest BCUT2D eigenvalue weighted by Gasteiger charge is -2.31. The Balaban J connectivity index is 1.65. The van der Waals surface area contributed by atoms with E-state index >= 15 is 0 Å². The lowest BCUT2D eigenvalue weighted by atomic mass is 9.98. The lowest BCUT2D eigenvalue weighted by molar-refractivity contribution is -0.133. The standard InChI is InChI=1S/C22H27ClN2O4/c1-24(12-17-9-18(23)5-6-19(17)27-2)14-22(26)25-8-7-15-10-20(28-3)21(29-4)11-16(15)13-25/h5-6,9-11H,7-8,12-14H2,1-4H3. The summed E-state index contributed by atoms with van der Waals surface area (Å²) < 4.78 is 16.2. The van der Waals surface area contributed by atoms with Crippen LogP contribution < -0.4 is 14.2 Å². The Morgan fingerprint density at radius 2 is 1.69 bits per heavy atom. The highest BCUT2D eigenvalue weighted by Crippen LogP contribution is 2.33. The monoisotopic (exact) mass is 418 g/mol. The molecule has 29 heavy (non-hydrogen) atoms. The number of likely N-dealkylation sites (N-methyl/N-ethyl adjacent to an activating group) is 1. The maximum atomic E-state index is 12.9. The Labute approximate surface area is 176 Å². The minimum Gasteiger partial charge on any atom is -0.496 e. The highest BCUT2D eigenvalue weighted by molar-refractivity contribution is 6.30. The van der Waals surface area contributed by atoms with E-state index in [4.69, 9.17) is 25.8 Å². The normalized spacial score (nSPS) is 13.2. The largest absolute Gasteiger partial charge is 0.496 e. The molecule has 0 unspecified atom stereocenters. The van der Waals surface area contributed by atoms with Crippen LogP contribution >= 0.6 is 11.6 Å². The number of rotatable bonds is 7. The van der Waals surface area contributed by atoms with Crippen molar-refractivity contribution in [2.45, 2.75) is 19.5 Å². The van der Waals surface area contributed by atoms with E-state index in [-0.39, 0.29) is 5.91 Å². The third-order valence-corrected chi connectivity index (χ3v) is 5.39. The zero-order valence-electron chi connectivity index (χ0n) is 17.3. The van der Waals surface area contributed by atoms with Crippen LogP contribution in [-0.2, 0) is 24.3 Å². The van der Waals surface area contributed by atoms with Crippen molar-refractivity contribution in [3.05, 3.63) is 52.0 Å². The summed E-state index contributed by atoms with van der Waals surface area (Å²) in [5.74, 6) is 2.27. The van der Waals surface area contributed by atoms with E-state index in [9.17, 15) is 4.79 Å². The van der Waals surface area contributed by atoms with E-state index in [2.05, 4.69) is 0 Å². The van der Waals surface area contributed by atoms with Crippen molar-refractivity contribution in [3.8, 4) is 17.2 Å². The average Bonchev–Trinajstić information content (AvgIpc) is 2.72. The molecule has 0 atom stereocenters. The third kappa shape index (κ3) is 4.95. The number of carbonyl (C=O) groups is 1. The van der Waals surface area contributed by atoms with Gasteiger partial charge in [-0.1, -0.05) is 11.6 Å². The van der Waals surface area contributed by atoms with Crippen molar-refractivity contribution in [2.24, 2.45) is 0 Å². The van der Waals surface area contributed by atoms with Gasteiger partial charge in [0.25, 0.3) is 0 Å². The fraction of sp³-hybridized carbons (Fsp3) is 0.409. The number of ether oxygens (including phenoxy) is 3. The molecule has 3 rings (SSSR count). The second-order valence-electron chi connectivity index (χ2n) is 7.17. The van der Waals surface area contributed by atoms with Gasteiger partial charge in [0.05, 0.1) is 27.9 Å². The van der Waals surface area contributed by atoms with E-state index in [0.29, 0.717) is 37.0 Å². The van der Waals surface area contributed by atoms with Gasteiger partial charge in [0.2, 0.25) is 5.91 Å². The van der Waals surface area contributed by atoms with Gasteiger partial charge < -0.3 is 19.1 Å². The molecule has 0 fully saturated rings. The molecule has 2 aromatic carbocycles. The molecule has 0 N–H and O–H groups in total. The van der Waals surface area contributed by atoms with Gasteiger partial charge in [0.1, 0.15) is 5.75 Å². The van der Waals surface area contributed by atoms with Crippen LogP contribution in [0.2, 0.25) is 5.02 Å². The van der Waals surface area contributed by atoms with Crippen LogP contribution in [0.1, 0.15) is 16.7 Å². The lowest BCUT2D eigenvalue weighted by Crippen LogP contribution is -2.41. The Bertz CT molecular complexity index is 887. The predicted molar refractivity (Wildman–Crippen MR) is 113 cm³/mol. The van der Waals surface area contributed by atoms with Crippen molar-refractivity contribution >= 4 is 17.5 Å². The number of nitrogens with zero attached hydrogens (tertiary/aromatic N) is 2. The summed E-state index contributed by atoms with van der Waals surface area (Å²) >= 11 is 6.11. The summed E-state index contributed by atoms with van der Waals surface area (Å²) in [4.78, 5) is 16.7. The first kappa shape index (κ1) is 21.3. The molecule has 1 aliphatic rings. The summed E-state index contributed by atoms with van der Waals surface area (Å²) in [6, 6.07) is 9.49. The second-order valence-corrected chi connectivity index (χ2v) is 7.61. The number of amides is 1. The molecule has 0 radical (unpaired) electrons. The minimum atomic E-state index is 0.0916. The molecule has 1 heterocycles. The van der Waals surface area contributed by atoms with Gasteiger partial charge in [-0.15, -0.1) is 0 Å². The zero-order chi connectivity index (χ0) is 21.0. The summed E-state index contributed by atoms with van der Waals surface area (Å²) in [6.45, 7) is 2.15. The number of carbonyl (C=O) groups excluding carboxylic acids is 1. The predicted octanol–water partition coefficient (Wildman–Crippen LogP) is 3.38. The van der Waals surface area contributed by atoms with Gasteiger partial charge in [-0.3, -0.25) is 9.69 Å². The number of hydrogen-bond donors (Lipinski definition) is 0. The first-order chi connectivity index (χ1) is 13.9.